The summed E-state index contributed by atoms with van der Waals surface area (Å²) in [4.78, 5) is 28.0. The third kappa shape index (κ3) is 3.94. The van der Waals surface area contributed by atoms with Gasteiger partial charge in [0.2, 0.25) is 11.8 Å². The maximum absolute atomic E-state index is 12.6. The van der Waals surface area contributed by atoms with Crippen LogP contribution in [0.1, 0.15) is 51.1 Å². The fraction of sp³-hybridized carbons (Fsp3) is 0.650. The number of anilines is 1. The lowest BCUT2D eigenvalue weighted by Crippen LogP contribution is -2.46. The number of hydrogen-bond donors (Lipinski definition) is 2. The minimum Gasteiger partial charge on any atom is -0.369 e. The molecule has 4 aliphatic rings. The van der Waals surface area contributed by atoms with Crippen LogP contribution in [0, 0.1) is 30.1 Å². The van der Waals surface area contributed by atoms with Crippen molar-refractivity contribution in [2.75, 3.05) is 11.1 Å². The molecule has 4 saturated carbocycles. The van der Waals surface area contributed by atoms with E-state index in [-0.39, 0.29) is 23.0 Å². The van der Waals surface area contributed by atoms with Crippen LogP contribution in [0.5, 0.6) is 0 Å². The molecule has 7 heteroatoms. The van der Waals surface area contributed by atoms with Crippen LogP contribution < -0.4 is 11.1 Å². The van der Waals surface area contributed by atoms with E-state index in [4.69, 9.17) is 5.73 Å². The number of nitrogens with one attached hydrogen (secondary N) is 1. The van der Waals surface area contributed by atoms with Gasteiger partial charge in [0, 0.05) is 6.08 Å². The van der Waals surface area contributed by atoms with Gasteiger partial charge < -0.3 is 5.73 Å². The molecule has 1 aromatic heterocycles. The molecule has 0 saturated heterocycles. The van der Waals surface area contributed by atoms with Crippen LogP contribution >= 0.6 is 23.1 Å². The predicted octanol–water partition coefficient (Wildman–Crippen LogP) is 4.13. The molecule has 0 aromatic carbocycles. The van der Waals surface area contributed by atoms with Crippen molar-refractivity contribution in [2.24, 2.45) is 28.9 Å². The monoisotopic (exact) mass is 405 g/mol. The Morgan fingerprint density at radius 2 is 1.85 bits per heavy atom. The van der Waals surface area contributed by atoms with Gasteiger partial charge in [0.15, 0.2) is 5.13 Å². The fourth-order valence-electron chi connectivity index (χ4n) is 5.79. The van der Waals surface area contributed by atoms with Crippen LogP contribution in [0.2, 0.25) is 0 Å². The minimum absolute atomic E-state index is 0.0940. The van der Waals surface area contributed by atoms with Crippen molar-refractivity contribution < 1.29 is 9.59 Å². The number of rotatable bonds is 6. The zero-order valence-corrected chi connectivity index (χ0v) is 17.5. The summed E-state index contributed by atoms with van der Waals surface area (Å²) in [6, 6.07) is 0. The topological polar surface area (TPSA) is 85.1 Å². The van der Waals surface area contributed by atoms with Crippen LogP contribution in [0.25, 0.3) is 0 Å². The molecule has 1 heterocycles. The summed E-state index contributed by atoms with van der Waals surface area (Å²) in [6.45, 7) is 4.03. The molecule has 27 heavy (non-hydrogen) atoms. The van der Waals surface area contributed by atoms with Gasteiger partial charge in [-0.2, -0.15) is 0 Å². The molecule has 4 bridgehead atoms. The molecule has 4 aliphatic carbocycles. The van der Waals surface area contributed by atoms with E-state index in [1.807, 2.05) is 6.92 Å². The number of carbonyl (C=O) groups is 2. The smallest absolute Gasteiger partial charge is 0.250 e. The van der Waals surface area contributed by atoms with Crippen LogP contribution in [0.15, 0.2) is 15.9 Å². The van der Waals surface area contributed by atoms with Gasteiger partial charge >= 0.3 is 0 Å². The summed E-state index contributed by atoms with van der Waals surface area (Å²) in [7, 11) is 0. The second-order valence-electron chi connectivity index (χ2n) is 8.66. The summed E-state index contributed by atoms with van der Waals surface area (Å²) in [5, 5.41) is 3.50. The molecule has 0 aliphatic heterocycles. The van der Waals surface area contributed by atoms with Crippen molar-refractivity contribution in [2.45, 2.75) is 56.6 Å². The predicted molar refractivity (Wildman–Crippen MR) is 110 cm³/mol. The molecule has 0 atom stereocenters. The maximum atomic E-state index is 12.6. The van der Waals surface area contributed by atoms with Gasteiger partial charge in [0.1, 0.15) is 0 Å². The van der Waals surface area contributed by atoms with Crippen LogP contribution in [0.4, 0.5) is 5.13 Å². The molecule has 0 unspecified atom stereocenters. The Morgan fingerprint density at radius 1 is 1.26 bits per heavy atom. The highest BCUT2D eigenvalue weighted by Gasteiger charge is 2.51. The Labute approximate surface area is 168 Å². The number of thioether (sulfide) groups is 1. The first-order valence-electron chi connectivity index (χ1n) is 9.71. The standard InChI is InChI=1S/C20H27N3O2S2/c1-11(20-7-13-4-14(8-20)6-15(5-13)9-20)3-17(25)23-19-22-12(2)18(27-19)26-10-16(21)24/h3,13-15H,4-10H2,1-2H3,(H2,21,24)(H,22,23,25)/b11-3-. The third-order valence-electron chi connectivity index (χ3n) is 6.55. The fourth-order valence-corrected chi connectivity index (χ4v) is 7.67. The van der Waals surface area contributed by atoms with Crippen molar-refractivity contribution in [1.82, 2.24) is 4.98 Å². The highest BCUT2D eigenvalue weighted by molar-refractivity contribution is 8.01. The molecule has 5 rings (SSSR count). The van der Waals surface area contributed by atoms with Gasteiger partial charge in [0.25, 0.3) is 0 Å². The van der Waals surface area contributed by atoms with E-state index in [2.05, 4.69) is 17.2 Å². The first-order chi connectivity index (χ1) is 12.8. The Hall–Kier alpha value is -1.34. The van der Waals surface area contributed by atoms with E-state index in [1.54, 1.807) is 6.08 Å². The van der Waals surface area contributed by atoms with E-state index in [0.717, 1.165) is 27.7 Å². The second-order valence-corrected chi connectivity index (χ2v) is 10.9. The number of carbonyl (C=O) groups excluding carboxylic acids is 2. The number of primary amides is 1. The first kappa shape index (κ1) is 19.0. The number of nitrogens with two attached hydrogens (primary N) is 1. The normalized spacial score (nSPS) is 31.9. The van der Waals surface area contributed by atoms with E-state index in [0.29, 0.717) is 5.13 Å². The SMILES string of the molecule is C/C(=C/C(=O)Nc1nc(C)c(SCC(N)=O)s1)C12CC3CC(CC(C3)C1)C2. The van der Waals surface area contributed by atoms with Crippen molar-refractivity contribution in [1.29, 1.82) is 0 Å². The van der Waals surface area contributed by atoms with Gasteiger partial charge in [-0.15, -0.1) is 11.8 Å². The van der Waals surface area contributed by atoms with Gasteiger partial charge in [-0.25, -0.2) is 4.98 Å². The third-order valence-corrected chi connectivity index (χ3v) is 9.01. The highest BCUT2D eigenvalue weighted by atomic mass is 32.2. The van der Waals surface area contributed by atoms with Crippen LogP contribution in [-0.2, 0) is 9.59 Å². The summed E-state index contributed by atoms with van der Waals surface area (Å²) in [5.74, 6) is 2.38. The van der Waals surface area contributed by atoms with Crippen molar-refractivity contribution in [3.8, 4) is 0 Å². The van der Waals surface area contributed by atoms with Crippen molar-refractivity contribution >= 4 is 40.0 Å². The van der Waals surface area contributed by atoms with Crippen LogP contribution in [-0.4, -0.2) is 22.6 Å². The zero-order valence-electron chi connectivity index (χ0n) is 15.9. The zero-order chi connectivity index (χ0) is 19.2. The molecular formula is C20H27N3O2S2. The molecule has 2 amide bonds. The Kier molecular flexibility index (Phi) is 5.10. The largest absolute Gasteiger partial charge is 0.369 e. The number of aryl methyl sites for hydroxylation is 1. The Bertz CT molecular complexity index is 764. The number of allylic oxidation sites excluding steroid dienone is 1. The van der Waals surface area contributed by atoms with Gasteiger partial charge in [-0.05, 0) is 75.5 Å². The maximum Gasteiger partial charge on any atom is 0.250 e. The van der Waals surface area contributed by atoms with Gasteiger partial charge in [-0.3, -0.25) is 14.9 Å². The number of nitrogens with zero attached hydrogens (tertiary/aromatic N) is 1. The molecule has 3 N–H and O–H groups in total. The Morgan fingerprint density at radius 3 is 2.41 bits per heavy atom. The number of aromatic nitrogens is 1. The first-order valence-corrected chi connectivity index (χ1v) is 11.5. The average Bonchev–Trinajstić information content (AvgIpc) is 2.90. The molecule has 1 aromatic rings. The lowest BCUT2D eigenvalue weighted by Gasteiger charge is -2.57. The summed E-state index contributed by atoms with van der Waals surface area (Å²) >= 11 is 2.77. The van der Waals surface area contributed by atoms with Gasteiger partial charge in [-0.1, -0.05) is 16.9 Å². The molecule has 0 spiro atoms. The van der Waals surface area contributed by atoms with E-state index in [9.17, 15) is 9.59 Å². The van der Waals surface area contributed by atoms with Crippen LogP contribution in [0.3, 0.4) is 0 Å². The summed E-state index contributed by atoms with van der Waals surface area (Å²) in [6.07, 6.45) is 9.81. The quantitative estimate of drug-likeness (QED) is 0.550. The second kappa shape index (κ2) is 7.24. The highest BCUT2D eigenvalue weighted by Crippen LogP contribution is 2.62. The van der Waals surface area contributed by atoms with E-state index in [1.165, 1.54) is 67.2 Å². The summed E-state index contributed by atoms with van der Waals surface area (Å²) < 4.78 is 0.922. The molecule has 146 valence electrons. The lowest BCUT2D eigenvalue weighted by molar-refractivity contribution is -0.115. The van der Waals surface area contributed by atoms with Gasteiger partial charge in [0.05, 0.1) is 15.7 Å². The Balaban J connectivity index is 1.43. The number of hydrogen-bond acceptors (Lipinski definition) is 5. The number of thiazole rings is 1. The lowest BCUT2D eigenvalue weighted by atomic mass is 9.48. The molecule has 4 fully saturated rings. The number of amides is 2. The molecule has 0 radical (unpaired) electrons. The summed E-state index contributed by atoms with van der Waals surface area (Å²) in [5.41, 5.74) is 7.53. The van der Waals surface area contributed by atoms with E-state index >= 15 is 0 Å². The minimum atomic E-state index is -0.354. The molecular weight excluding hydrogens is 378 g/mol. The van der Waals surface area contributed by atoms with E-state index < -0.39 is 0 Å². The molecule has 5 nitrogen and oxygen atoms in total. The van der Waals surface area contributed by atoms with Crippen molar-refractivity contribution in [3.05, 3.63) is 17.3 Å². The van der Waals surface area contributed by atoms with Crippen molar-refractivity contribution in [3.63, 3.8) is 0 Å². The average molecular weight is 406 g/mol.